The summed E-state index contributed by atoms with van der Waals surface area (Å²) in [6, 6.07) is 6.76. The summed E-state index contributed by atoms with van der Waals surface area (Å²) in [5.41, 5.74) is 6.41. The van der Waals surface area contributed by atoms with Crippen LogP contribution in [0, 0.1) is 0 Å². The molecule has 13 heavy (non-hydrogen) atoms. The molecule has 1 aromatic rings. The minimum Gasteiger partial charge on any atom is -0.550 e. The second-order valence-corrected chi connectivity index (χ2v) is 3.65. The van der Waals surface area contributed by atoms with Gasteiger partial charge in [0.25, 0.3) is 0 Å². The van der Waals surface area contributed by atoms with Crippen molar-refractivity contribution in [2.75, 3.05) is 0 Å². The summed E-state index contributed by atoms with van der Waals surface area (Å²) < 4.78 is 0.888. The Morgan fingerprint density at radius 2 is 2.31 bits per heavy atom. The van der Waals surface area contributed by atoms with Crippen molar-refractivity contribution in [3.8, 4) is 0 Å². The molecule has 0 saturated heterocycles. The monoisotopic (exact) mass is 242 g/mol. The maximum atomic E-state index is 10.3. The van der Waals surface area contributed by atoms with Crippen molar-refractivity contribution in [1.82, 2.24) is 0 Å². The molecular formula is C9H9BrNO2-. The predicted octanol–water partition coefficient (Wildman–Crippen LogP) is 0.589. The van der Waals surface area contributed by atoms with Crippen molar-refractivity contribution in [3.05, 3.63) is 34.3 Å². The minimum atomic E-state index is -1.13. The molecule has 1 rings (SSSR count). The van der Waals surface area contributed by atoms with E-state index in [-0.39, 0.29) is 6.42 Å². The third-order valence-corrected chi connectivity index (χ3v) is 2.16. The van der Waals surface area contributed by atoms with Gasteiger partial charge in [-0.1, -0.05) is 28.1 Å². The van der Waals surface area contributed by atoms with Crippen molar-refractivity contribution >= 4 is 21.9 Å². The highest BCUT2D eigenvalue weighted by Gasteiger charge is 2.05. The van der Waals surface area contributed by atoms with Crippen molar-refractivity contribution in [3.63, 3.8) is 0 Å². The molecule has 0 bridgehead atoms. The number of carbonyl (C=O) groups is 1. The largest absolute Gasteiger partial charge is 0.550 e. The number of carboxylic acid groups (broad SMARTS) is 1. The molecule has 0 aliphatic rings. The predicted molar refractivity (Wildman–Crippen MR) is 50.7 cm³/mol. The Morgan fingerprint density at radius 3 is 2.85 bits per heavy atom. The van der Waals surface area contributed by atoms with Gasteiger partial charge in [-0.3, -0.25) is 0 Å². The second-order valence-electron chi connectivity index (χ2n) is 2.74. The number of halogens is 1. The van der Waals surface area contributed by atoms with E-state index in [1.54, 1.807) is 12.1 Å². The average Bonchev–Trinajstić information content (AvgIpc) is 2.03. The lowest BCUT2D eigenvalue weighted by atomic mass is 10.1. The van der Waals surface area contributed by atoms with Gasteiger partial charge in [0.15, 0.2) is 0 Å². The van der Waals surface area contributed by atoms with Gasteiger partial charge in [-0.05, 0) is 17.7 Å². The van der Waals surface area contributed by atoms with Crippen LogP contribution < -0.4 is 10.8 Å². The highest BCUT2D eigenvalue weighted by Crippen LogP contribution is 2.18. The van der Waals surface area contributed by atoms with Crippen molar-refractivity contribution in [2.24, 2.45) is 5.73 Å². The number of benzene rings is 1. The first kappa shape index (κ1) is 10.2. The van der Waals surface area contributed by atoms with Gasteiger partial charge in [0, 0.05) is 22.9 Å². The van der Waals surface area contributed by atoms with Crippen LogP contribution in [0.25, 0.3) is 0 Å². The van der Waals surface area contributed by atoms with Crippen LogP contribution in [0.2, 0.25) is 0 Å². The van der Waals surface area contributed by atoms with Crippen LogP contribution in [0.1, 0.15) is 18.0 Å². The Bertz CT molecular complexity index is 314. The molecule has 3 nitrogen and oxygen atoms in total. The number of rotatable bonds is 3. The van der Waals surface area contributed by atoms with Crippen LogP contribution in [0.15, 0.2) is 28.7 Å². The lowest BCUT2D eigenvalue weighted by molar-refractivity contribution is -0.306. The van der Waals surface area contributed by atoms with E-state index < -0.39 is 12.0 Å². The number of nitrogens with two attached hydrogens (primary N) is 1. The second kappa shape index (κ2) is 4.39. The number of carboxylic acids is 1. The zero-order valence-electron chi connectivity index (χ0n) is 6.87. The molecule has 0 spiro atoms. The van der Waals surface area contributed by atoms with E-state index in [1.807, 2.05) is 12.1 Å². The molecule has 0 aliphatic carbocycles. The van der Waals surface area contributed by atoms with Gasteiger partial charge in [-0.15, -0.1) is 0 Å². The van der Waals surface area contributed by atoms with Crippen molar-refractivity contribution in [1.29, 1.82) is 0 Å². The first-order valence-corrected chi connectivity index (χ1v) is 4.60. The fourth-order valence-corrected chi connectivity index (χ4v) is 1.45. The van der Waals surface area contributed by atoms with Crippen LogP contribution in [0.5, 0.6) is 0 Å². The van der Waals surface area contributed by atoms with Gasteiger partial charge >= 0.3 is 0 Å². The van der Waals surface area contributed by atoms with Gasteiger partial charge in [-0.2, -0.15) is 0 Å². The van der Waals surface area contributed by atoms with Crippen molar-refractivity contribution < 1.29 is 9.90 Å². The molecular weight excluding hydrogens is 234 g/mol. The van der Waals surface area contributed by atoms with Crippen LogP contribution in [0.3, 0.4) is 0 Å². The highest BCUT2D eigenvalue weighted by atomic mass is 79.9. The Balaban J connectivity index is 2.76. The Hall–Kier alpha value is -0.870. The third kappa shape index (κ3) is 3.16. The maximum absolute atomic E-state index is 10.3. The summed E-state index contributed by atoms with van der Waals surface area (Å²) in [5, 5.41) is 10.3. The minimum absolute atomic E-state index is 0.156. The molecule has 0 heterocycles. The van der Waals surface area contributed by atoms with Gasteiger partial charge in [0.2, 0.25) is 0 Å². The fraction of sp³-hybridized carbons (Fsp3) is 0.222. The Kier molecular flexibility index (Phi) is 3.45. The Labute approximate surface area is 84.7 Å². The normalized spacial score (nSPS) is 12.5. The number of aliphatic carboxylic acids is 1. The quantitative estimate of drug-likeness (QED) is 0.844. The van der Waals surface area contributed by atoms with Crippen molar-refractivity contribution in [2.45, 2.75) is 12.5 Å². The van der Waals surface area contributed by atoms with Crippen LogP contribution in [-0.4, -0.2) is 5.97 Å². The van der Waals surface area contributed by atoms with Gasteiger partial charge in [0.05, 0.1) is 0 Å². The SMILES string of the molecule is NC(CC(=O)[O-])c1cccc(Br)c1. The number of hydrogen-bond donors (Lipinski definition) is 1. The third-order valence-electron chi connectivity index (χ3n) is 1.66. The molecule has 0 radical (unpaired) electrons. The lowest BCUT2D eigenvalue weighted by Crippen LogP contribution is -2.27. The standard InChI is InChI=1S/C9H10BrNO2/c10-7-3-1-2-6(4-7)8(11)5-9(12)13/h1-4,8H,5,11H2,(H,12,13)/p-1. The molecule has 2 N–H and O–H groups in total. The smallest absolute Gasteiger partial charge is 0.0433 e. The first-order valence-electron chi connectivity index (χ1n) is 3.80. The molecule has 70 valence electrons. The van der Waals surface area contributed by atoms with Crippen LogP contribution in [0.4, 0.5) is 0 Å². The molecule has 4 heteroatoms. The summed E-state index contributed by atoms with van der Waals surface area (Å²) in [6.45, 7) is 0. The summed E-state index contributed by atoms with van der Waals surface area (Å²) in [5.74, 6) is -1.13. The zero-order valence-corrected chi connectivity index (χ0v) is 8.45. The molecule has 0 aromatic heterocycles. The molecule has 1 unspecified atom stereocenters. The van der Waals surface area contributed by atoms with Crippen LogP contribution >= 0.6 is 15.9 Å². The lowest BCUT2D eigenvalue weighted by Gasteiger charge is -2.12. The summed E-state index contributed by atoms with van der Waals surface area (Å²) >= 11 is 3.28. The van der Waals surface area contributed by atoms with E-state index in [9.17, 15) is 9.90 Å². The summed E-state index contributed by atoms with van der Waals surface area (Å²) in [4.78, 5) is 10.3. The molecule has 0 aliphatic heterocycles. The fourth-order valence-electron chi connectivity index (χ4n) is 1.03. The first-order chi connectivity index (χ1) is 6.09. The van der Waals surface area contributed by atoms with Gasteiger partial charge < -0.3 is 15.6 Å². The van der Waals surface area contributed by atoms with Gasteiger partial charge in [0.1, 0.15) is 0 Å². The van der Waals surface area contributed by atoms with E-state index in [4.69, 9.17) is 5.73 Å². The van der Waals surface area contributed by atoms with Gasteiger partial charge in [-0.25, -0.2) is 0 Å². The molecule has 0 fully saturated rings. The summed E-state index contributed by atoms with van der Waals surface area (Å²) in [7, 11) is 0. The highest BCUT2D eigenvalue weighted by molar-refractivity contribution is 9.10. The molecule has 1 atom stereocenters. The van der Waals surface area contributed by atoms with E-state index >= 15 is 0 Å². The molecule has 0 amide bonds. The zero-order chi connectivity index (χ0) is 9.84. The van der Waals surface area contributed by atoms with E-state index in [0.717, 1.165) is 10.0 Å². The maximum Gasteiger partial charge on any atom is 0.0433 e. The topological polar surface area (TPSA) is 66.2 Å². The van der Waals surface area contributed by atoms with E-state index in [2.05, 4.69) is 15.9 Å². The summed E-state index contributed by atoms with van der Waals surface area (Å²) in [6.07, 6.45) is -0.156. The van der Waals surface area contributed by atoms with E-state index in [0.29, 0.717) is 0 Å². The van der Waals surface area contributed by atoms with E-state index in [1.165, 1.54) is 0 Å². The van der Waals surface area contributed by atoms with Crippen LogP contribution in [-0.2, 0) is 4.79 Å². The molecule has 0 saturated carbocycles. The number of hydrogen-bond acceptors (Lipinski definition) is 3. The molecule has 1 aromatic carbocycles. The Morgan fingerprint density at radius 1 is 1.62 bits per heavy atom. The number of carbonyl (C=O) groups excluding carboxylic acids is 1. The average molecular weight is 243 g/mol.